The Hall–Kier alpha value is -4.18. The molecule has 180 valence electrons. The number of rotatable bonds is 7. The number of aromatic nitrogens is 3. The van der Waals surface area contributed by atoms with Gasteiger partial charge in [0.05, 0.1) is 24.7 Å². The lowest BCUT2D eigenvalue weighted by atomic mass is 10.2. The van der Waals surface area contributed by atoms with E-state index in [0.717, 1.165) is 22.3 Å². The second kappa shape index (κ2) is 9.59. The summed E-state index contributed by atoms with van der Waals surface area (Å²) in [5, 5.41) is 7.95. The number of methoxy groups -OCH3 is 1. The molecule has 10 heteroatoms. The van der Waals surface area contributed by atoms with Crippen molar-refractivity contribution in [2.24, 2.45) is 7.05 Å². The van der Waals surface area contributed by atoms with Gasteiger partial charge in [-0.1, -0.05) is 23.8 Å². The summed E-state index contributed by atoms with van der Waals surface area (Å²) < 4.78 is 37.5. The highest BCUT2D eigenvalue weighted by Crippen LogP contribution is 2.31. The predicted octanol–water partition coefficient (Wildman–Crippen LogP) is 4.01. The first kappa shape index (κ1) is 24.0. The van der Waals surface area contributed by atoms with Crippen molar-refractivity contribution in [2.45, 2.75) is 18.7 Å². The number of carbonyl (C=O) groups is 1. The van der Waals surface area contributed by atoms with Crippen LogP contribution in [0.1, 0.15) is 16.8 Å². The highest BCUT2D eigenvalue weighted by atomic mass is 32.2. The molecule has 0 spiro atoms. The van der Waals surface area contributed by atoms with Gasteiger partial charge in [-0.05, 0) is 55.8 Å². The fraction of sp³-hybridized carbons (Fsp3) is 0.160. The molecule has 9 nitrogen and oxygen atoms in total. The van der Waals surface area contributed by atoms with Crippen molar-refractivity contribution in [2.75, 3.05) is 12.4 Å². The second-order valence-corrected chi connectivity index (χ2v) is 9.43. The van der Waals surface area contributed by atoms with Crippen LogP contribution < -0.4 is 14.2 Å². The molecule has 0 radical (unpaired) electrons. The highest BCUT2D eigenvalue weighted by Gasteiger charge is 2.19. The lowest BCUT2D eigenvalue weighted by molar-refractivity contribution is -0.111. The summed E-state index contributed by atoms with van der Waals surface area (Å²) in [6.45, 7) is 3.74. The third-order valence-electron chi connectivity index (χ3n) is 5.25. The number of nitrogens with one attached hydrogen (secondary N) is 1. The molecule has 0 aliphatic rings. The first-order chi connectivity index (χ1) is 16.7. The number of benzene rings is 2. The number of ether oxygens (including phenoxy) is 1. The van der Waals surface area contributed by atoms with E-state index in [1.165, 1.54) is 31.4 Å². The molecule has 4 rings (SSSR count). The smallest absolute Gasteiger partial charge is 0.339 e. The summed E-state index contributed by atoms with van der Waals surface area (Å²) in [4.78, 5) is 16.8. The molecule has 0 bridgehead atoms. The van der Waals surface area contributed by atoms with Crippen LogP contribution in [0.5, 0.6) is 11.5 Å². The van der Waals surface area contributed by atoms with Crippen molar-refractivity contribution in [3.8, 4) is 11.5 Å². The number of fused-ring (bicyclic) bond motifs is 1. The van der Waals surface area contributed by atoms with Crippen molar-refractivity contribution in [1.29, 1.82) is 0 Å². The van der Waals surface area contributed by atoms with Crippen molar-refractivity contribution >= 4 is 38.8 Å². The standard InChI is InChI=1S/C25H24N4O5S/c1-16-5-9-20(10-6-16)35(31,32)34-22-11-7-18(13-23(22)33-4)8-12-24(30)27-19-14-21-17(2)28-29(3)25(21)26-15-19/h5-15H,1-4H3,(H,27,30)/b12-8+. The van der Waals surface area contributed by atoms with E-state index in [2.05, 4.69) is 15.4 Å². The number of carbonyl (C=O) groups excluding carboxylic acids is 1. The Balaban J connectivity index is 1.47. The Bertz CT molecular complexity index is 1540. The Morgan fingerprint density at radius 1 is 1.06 bits per heavy atom. The van der Waals surface area contributed by atoms with Gasteiger partial charge in [0.25, 0.3) is 0 Å². The average Bonchev–Trinajstić information content (AvgIpc) is 3.11. The van der Waals surface area contributed by atoms with Gasteiger partial charge in [0.1, 0.15) is 4.90 Å². The first-order valence-electron chi connectivity index (χ1n) is 10.6. The maximum absolute atomic E-state index is 12.6. The summed E-state index contributed by atoms with van der Waals surface area (Å²) in [6.07, 6.45) is 4.51. The van der Waals surface area contributed by atoms with Gasteiger partial charge in [-0.15, -0.1) is 0 Å². The van der Waals surface area contributed by atoms with E-state index in [0.29, 0.717) is 11.3 Å². The fourth-order valence-electron chi connectivity index (χ4n) is 3.46. The molecule has 0 aliphatic heterocycles. The van der Waals surface area contributed by atoms with E-state index in [-0.39, 0.29) is 22.3 Å². The molecule has 0 fully saturated rings. The molecule has 0 atom stereocenters. The van der Waals surface area contributed by atoms with Gasteiger partial charge in [0.15, 0.2) is 17.1 Å². The molecule has 2 heterocycles. The number of anilines is 1. The molecule has 4 aromatic rings. The summed E-state index contributed by atoms with van der Waals surface area (Å²) in [7, 11) is -0.809. The van der Waals surface area contributed by atoms with Gasteiger partial charge in [-0.25, -0.2) is 4.98 Å². The molecule has 35 heavy (non-hydrogen) atoms. The van der Waals surface area contributed by atoms with E-state index in [4.69, 9.17) is 8.92 Å². The molecular formula is C25H24N4O5S. The van der Waals surface area contributed by atoms with Crippen LogP contribution in [0, 0.1) is 13.8 Å². The molecular weight excluding hydrogens is 468 g/mol. The molecule has 1 N–H and O–H groups in total. The average molecular weight is 493 g/mol. The van der Waals surface area contributed by atoms with Crippen molar-refractivity contribution in [1.82, 2.24) is 14.8 Å². The van der Waals surface area contributed by atoms with Crippen LogP contribution in [0.3, 0.4) is 0 Å². The molecule has 0 saturated carbocycles. The van der Waals surface area contributed by atoms with Crippen LogP contribution in [-0.2, 0) is 22.0 Å². The highest BCUT2D eigenvalue weighted by molar-refractivity contribution is 7.87. The largest absolute Gasteiger partial charge is 0.493 e. The van der Waals surface area contributed by atoms with Gasteiger partial charge in [-0.2, -0.15) is 13.5 Å². The molecule has 2 aromatic carbocycles. The Morgan fingerprint density at radius 2 is 1.80 bits per heavy atom. The van der Waals surface area contributed by atoms with Crippen LogP contribution >= 0.6 is 0 Å². The zero-order chi connectivity index (χ0) is 25.2. The van der Waals surface area contributed by atoms with E-state index in [1.54, 1.807) is 41.2 Å². The predicted molar refractivity (Wildman–Crippen MR) is 133 cm³/mol. The van der Waals surface area contributed by atoms with Gasteiger partial charge in [0.2, 0.25) is 5.91 Å². The van der Waals surface area contributed by atoms with E-state index < -0.39 is 10.1 Å². The van der Waals surface area contributed by atoms with Crippen molar-refractivity contribution in [3.63, 3.8) is 0 Å². The van der Waals surface area contributed by atoms with Gasteiger partial charge in [0, 0.05) is 18.5 Å². The maximum Gasteiger partial charge on any atom is 0.339 e. The number of hydrogen-bond donors (Lipinski definition) is 1. The lowest BCUT2D eigenvalue weighted by Crippen LogP contribution is -2.10. The number of nitrogens with zero attached hydrogens (tertiary/aromatic N) is 3. The van der Waals surface area contributed by atoms with Crippen LogP contribution in [0.4, 0.5) is 5.69 Å². The minimum absolute atomic E-state index is 0.0416. The van der Waals surface area contributed by atoms with E-state index in [9.17, 15) is 13.2 Å². The Morgan fingerprint density at radius 3 is 2.51 bits per heavy atom. The summed E-state index contributed by atoms with van der Waals surface area (Å²) in [5.41, 5.74) is 3.65. The summed E-state index contributed by atoms with van der Waals surface area (Å²) >= 11 is 0. The summed E-state index contributed by atoms with van der Waals surface area (Å²) in [6, 6.07) is 12.9. The lowest BCUT2D eigenvalue weighted by Gasteiger charge is -2.11. The quantitative estimate of drug-likeness (QED) is 0.306. The topological polar surface area (TPSA) is 112 Å². The van der Waals surface area contributed by atoms with E-state index in [1.807, 2.05) is 27.0 Å². The SMILES string of the molecule is COc1cc(/C=C/C(=O)Nc2cnc3c(c2)c(C)nn3C)ccc1OS(=O)(=O)c1ccc(C)cc1. The molecule has 1 amide bonds. The zero-order valence-electron chi connectivity index (χ0n) is 19.6. The number of hydrogen-bond acceptors (Lipinski definition) is 7. The number of amides is 1. The first-order valence-corrected chi connectivity index (χ1v) is 12.0. The van der Waals surface area contributed by atoms with Crippen LogP contribution in [0.2, 0.25) is 0 Å². The summed E-state index contributed by atoms with van der Waals surface area (Å²) in [5.74, 6) is -0.0974. The van der Waals surface area contributed by atoms with Crippen molar-refractivity contribution < 1.29 is 22.1 Å². The van der Waals surface area contributed by atoms with Crippen LogP contribution in [0.25, 0.3) is 17.1 Å². The van der Waals surface area contributed by atoms with Crippen LogP contribution in [-0.4, -0.2) is 36.2 Å². The number of aryl methyl sites for hydroxylation is 3. The molecule has 0 aliphatic carbocycles. The minimum atomic E-state index is -4.03. The third kappa shape index (κ3) is 5.33. The Kier molecular flexibility index (Phi) is 6.57. The minimum Gasteiger partial charge on any atom is -0.493 e. The molecule has 0 unspecified atom stereocenters. The maximum atomic E-state index is 12.6. The normalized spacial score (nSPS) is 11.7. The molecule has 2 aromatic heterocycles. The van der Waals surface area contributed by atoms with Crippen LogP contribution in [0.15, 0.2) is 65.7 Å². The van der Waals surface area contributed by atoms with Gasteiger partial charge < -0.3 is 14.2 Å². The third-order valence-corrected chi connectivity index (χ3v) is 6.50. The molecule has 0 saturated heterocycles. The zero-order valence-corrected chi connectivity index (χ0v) is 20.5. The van der Waals surface area contributed by atoms with E-state index >= 15 is 0 Å². The monoisotopic (exact) mass is 492 g/mol. The number of pyridine rings is 1. The second-order valence-electron chi connectivity index (χ2n) is 7.89. The van der Waals surface area contributed by atoms with Gasteiger partial charge >= 0.3 is 10.1 Å². The fourth-order valence-corrected chi connectivity index (χ4v) is 4.40. The van der Waals surface area contributed by atoms with Crippen molar-refractivity contribution in [3.05, 3.63) is 77.6 Å². The van der Waals surface area contributed by atoms with Gasteiger partial charge in [-0.3, -0.25) is 9.48 Å². The Labute approximate surface area is 203 Å².